The van der Waals surface area contributed by atoms with E-state index in [1.807, 2.05) is 78.9 Å². The Morgan fingerprint density at radius 1 is 0.892 bits per heavy atom. The Labute approximate surface area is 216 Å². The van der Waals surface area contributed by atoms with Crippen LogP contribution >= 0.6 is 0 Å². The molecule has 3 N–H and O–H groups in total. The summed E-state index contributed by atoms with van der Waals surface area (Å²) in [6.07, 6.45) is -1.16. The highest BCUT2D eigenvalue weighted by Gasteiger charge is 2.32. The van der Waals surface area contributed by atoms with Crippen molar-refractivity contribution in [1.82, 2.24) is 10.6 Å². The van der Waals surface area contributed by atoms with E-state index in [-0.39, 0.29) is 5.91 Å². The van der Waals surface area contributed by atoms with E-state index in [2.05, 4.69) is 34.8 Å². The Hall–Kier alpha value is -4.46. The smallest absolute Gasteiger partial charge is 0.319 e. The van der Waals surface area contributed by atoms with Crippen molar-refractivity contribution < 1.29 is 14.4 Å². The molecule has 8 heteroatoms. The first kappa shape index (κ1) is 25.6. The van der Waals surface area contributed by atoms with E-state index >= 15 is 0 Å². The number of likely N-dealkylation sites (N-methyl/N-ethyl adjacent to an activating group) is 1. The minimum atomic E-state index is -1.16. The van der Waals surface area contributed by atoms with Crippen molar-refractivity contribution in [2.24, 2.45) is 4.99 Å². The summed E-state index contributed by atoms with van der Waals surface area (Å²) in [6.45, 7) is 5.74. The number of aliphatic imine (C=N–C) groups is 1. The van der Waals surface area contributed by atoms with Gasteiger partial charge in [-0.25, -0.2) is 9.79 Å². The molecule has 1 aliphatic heterocycles. The Bertz CT molecular complexity index is 1320. The van der Waals surface area contributed by atoms with Crippen LogP contribution in [0.15, 0.2) is 83.9 Å². The van der Waals surface area contributed by atoms with Crippen molar-refractivity contribution >= 4 is 34.9 Å². The summed E-state index contributed by atoms with van der Waals surface area (Å²) >= 11 is 0. The third-order valence-electron chi connectivity index (χ3n) is 6.25. The summed E-state index contributed by atoms with van der Waals surface area (Å²) in [5.74, 6) is -0.525. The van der Waals surface area contributed by atoms with E-state index in [0.29, 0.717) is 23.0 Å². The van der Waals surface area contributed by atoms with Crippen molar-refractivity contribution in [2.75, 3.05) is 17.3 Å². The predicted molar refractivity (Wildman–Crippen MR) is 146 cm³/mol. The number of benzene rings is 3. The number of nitrogens with one attached hydrogen (secondary N) is 3. The van der Waals surface area contributed by atoms with Crippen LogP contribution in [-0.2, 0) is 9.59 Å². The Kier molecular flexibility index (Phi) is 7.67. The molecule has 1 heterocycles. The van der Waals surface area contributed by atoms with Crippen molar-refractivity contribution in [3.63, 3.8) is 0 Å². The van der Waals surface area contributed by atoms with E-state index in [1.165, 1.54) is 4.90 Å². The first-order valence-electron chi connectivity index (χ1n) is 12.2. The van der Waals surface area contributed by atoms with Gasteiger partial charge in [-0.05, 0) is 36.6 Å². The standard InChI is InChI=1S/C29H31N5O3/c1-18(2)20-14-16-22(17-15-20)31-29(37)30-19(3)27(35)33-26-28(36)34(4)24-13-9-8-12-23(24)25(32-26)21-10-6-5-7-11-21/h5-19,26H,1-4H3,(H,33,35)(H2,30,31,37)/t19-,26+/m0/s1. The van der Waals surface area contributed by atoms with Crippen LogP contribution in [-0.4, -0.2) is 42.8 Å². The van der Waals surface area contributed by atoms with Gasteiger partial charge in [-0.1, -0.05) is 74.5 Å². The molecule has 0 saturated heterocycles. The first-order chi connectivity index (χ1) is 17.7. The minimum absolute atomic E-state index is 0.381. The second-order valence-corrected chi connectivity index (χ2v) is 9.27. The number of nitrogens with zero attached hydrogens (tertiary/aromatic N) is 2. The number of carbonyl (C=O) groups excluding carboxylic acids is 3. The lowest BCUT2D eigenvalue weighted by Gasteiger charge is -2.22. The zero-order chi connectivity index (χ0) is 26.5. The molecular formula is C29H31N5O3. The normalized spacial score (nSPS) is 15.8. The number of urea groups is 1. The summed E-state index contributed by atoms with van der Waals surface area (Å²) < 4.78 is 0. The number of hydrogen-bond donors (Lipinski definition) is 3. The van der Waals surface area contributed by atoms with Crippen molar-refractivity contribution in [1.29, 1.82) is 0 Å². The molecule has 0 saturated carbocycles. The van der Waals surface area contributed by atoms with Gasteiger partial charge in [0.25, 0.3) is 5.91 Å². The molecule has 37 heavy (non-hydrogen) atoms. The number of anilines is 2. The molecule has 0 fully saturated rings. The van der Waals surface area contributed by atoms with Gasteiger partial charge in [0.15, 0.2) is 0 Å². The van der Waals surface area contributed by atoms with Crippen LogP contribution in [0.3, 0.4) is 0 Å². The molecule has 0 spiro atoms. The van der Waals surface area contributed by atoms with Crippen LogP contribution in [0.5, 0.6) is 0 Å². The highest BCUT2D eigenvalue weighted by atomic mass is 16.2. The average molecular weight is 498 g/mol. The van der Waals surface area contributed by atoms with Crippen LogP contribution in [0.2, 0.25) is 0 Å². The molecule has 0 bridgehead atoms. The number of para-hydroxylation sites is 1. The molecule has 0 aliphatic carbocycles. The minimum Gasteiger partial charge on any atom is -0.326 e. The molecule has 0 radical (unpaired) electrons. The molecule has 4 amide bonds. The van der Waals surface area contributed by atoms with Crippen LogP contribution in [0, 0.1) is 0 Å². The molecule has 1 aliphatic rings. The zero-order valence-corrected chi connectivity index (χ0v) is 21.4. The summed E-state index contributed by atoms with van der Waals surface area (Å²) in [5, 5.41) is 8.05. The predicted octanol–water partition coefficient (Wildman–Crippen LogP) is 4.28. The van der Waals surface area contributed by atoms with Gasteiger partial charge in [-0.2, -0.15) is 0 Å². The average Bonchev–Trinajstić information content (AvgIpc) is 3.00. The lowest BCUT2D eigenvalue weighted by atomic mass is 10.0. The molecular weight excluding hydrogens is 466 g/mol. The summed E-state index contributed by atoms with van der Waals surface area (Å²) in [5.41, 5.74) is 4.68. The number of carbonyl (C=O) groups is 3. The summed E-state index contributed by atoms with van der Waals surface area (Å²) in [6, 6.07) is 23.1. The topological polar surface area (TPSA) is 103 Å². The fourth-order valence-corrected chi connectivity index (χ4v) is 4.08. The summed E-state index contributed by atoms with van der Waals surface area (Å²) in [7, 11) is 1.66. The number of amides is 4. The molecule has 4 rings (SSSR count). The van der Waals surface area contributed by atoms with Gasteiger partial charge in [0, 0.05) is 23.9 Å². The first-order valence-corrected chi connectivity index (χ1v) is 12.2. The Morgan fingerprint density at radius 2 is 1.54 bits per heavy atom. The fraction of sp³-hybridized carbons (Fsp3) is 0.241. The number of rotatable bonds is 6. The van der Waals surface area contributed by atoms with E-state index in [9.17, 15) is 14.4 Å². The zero-order valence-electron chi connectivity index (χ0n) is 21.4. The highest BCUT2D eigenvalue weighted by molar-refractivity contribution is 6.20. The molecule has 0 aromatic heterocycles. The second kappa shape index (κ2) is 11.1. The third kappa shape index (κ3) is 5.86. The Balaban J connectivity index is 1.49. The van der Waals surface area contributed by atoms with Crippen molar-refractivity contribution in [2.45, 2.75) is 38.9 Å². The maximum atomic E-state index is 13.3. The van der Waals surface area contributed by atoms with E-state index < -0.39 is 24.1 Å². The Morgan fingerprint density at radius 3 is 2.22 bits per heavy atom. The fourth-order valence-electron chi connectivity index (χ4n) is 4.08. The maximum Gasteiger partial charge on any atom is 0.319 e. The molecule has 0 unspecified atom stereocenters. The second-order valence-electron chi connectivity index (χ2n) is 9.27. The van der Waals surface area contributed by atoms with Crippen LogP contribution in [0.1, 0.15) is 43.4 Å². The molecule has 3 aromatic carbocycles. The largest absolute Gasteiger partial charge is 0.326 e. The highest BCUT2D eigenvalue weighted by Crippen LogP contribution is 2.27. The van der Waals surface area contributed by atoms with Crippen LogP contribution in [0.4, 0.5) is 16.2 Å². The molecule has 190 valence electrons. The number of hydrogen-bond acceptors (Lipinski definition) is 4. The van der Waals surface area contributed by atoms with Gasteiger partial charge in [-0.15, -0.1) is 0 Å². The van der Waals surface area contributed by atoms with Crippen LogP contribution < -0.4 is 20.9 Å². The van der Waals surface area contributed by atoms with Crippen LogP contribution in [0.25, 0.3) is 0 Å². The van der Waals surface area contributed by atoms with Crippen molar-refractivity contribution in [3.05, 3.63) is 95.6 Å². The van der Waals surface area contributed by atoms with E-state index in [1.54, 1.807) is 14.0 Å². The van der Waals surface area contributed by atoms with E-state index in [4.69, 9.17) is 0 Å². The SMILES string of the molecule is CC(C)c1ccc(NC(=O)N[C@@H](C)C(=O)N[C@H]2N=C(c3ccccc3)c3ccccc3N(C)C2=O)cc1. The van der Waals surface area contributed by atoms with Gasteiger partial charge in [0.2, 0.25) is 12.1 Å². The molecule has 8 nitrogen and oxygen atoms in total. The monoisotopic (exact) mass is 497 g/mol. The molecule has 2 atom stereocenters. The third-order valence-corrected chi connectivity index (χ3v) is 6.25. The maximum absolute atomic E-state index is 13.3. The van der Waals surface area contributed by atoms with Gasteiger partial charge in [-0.3, -0.25) is 9.59 Å². The lowest BCUT2D eigenvalue weighted by Crippen LogP contribution is -2.52. The quantitative estimate of drug-likeness (QED) is 0.474. The molecule has 3 aromatic rings. The van der Waals surface area contributed by atoms with Gasteiger partial charge < -0.3 is 20.9 Å². The van der Waals surface area contributed by atoms with Gasteiger partial charge >= 0.3 is 6.03 Å². The van der Waals surface area contributed by atoms with Crippen molar-refractivity contribution in [3.8, 4) is 0 Å². The van der Waals surface area contributed by atoms with Gasteiger partial charge in [0.05, 0.1) is 11.4 Å². The van der Waals surface area contributed by atoms with E-state index in [0.717, 1.165) is 16.7 Å². The van der Waals surface area contributed by atoms with Gasteiger partial charge in [0.1, 0.15) is 6.04 Å². The lowest BCUT2D eigenvalue weighted by molar-refractivity contribution is -0.128. The summed E-state index contributed by atoms with van der Waals surface area (Å²) in [4.78, 5) is 44.9. The number of fused-ring (bicyclic) bond motifs is 1. The number of benzodiazepines with no additional fused rings is 1.